The summed E-state index contributed by atoms with van der Waals surface area (Å²) in [5, 5.41) is 3.33. The summed E-state index contributed by atoms with van der Waals surface area (Å²) < 4.78 is 33.4. The van der Waals surface area contributed by atoms with E-state index in [4.69, 9.17) is 16.3 Å². The van der Waals surface area contributed by atoms with Crippen molar-refractivity contribution in [3.05, 3.63) is 57.9 Å². The molecular formula is C17H15ClN2O3S2. The van der Waals surface area contributed by atoms with Crippen LogP contribution in [0.5, 0.6) is 5.75 Å². The number of sulfonamides is 1. The van der Waals surface area contributed by atoms with Gasteiger partial charge >= 0.3 is 0 Å². The molecule has 0 saturated heterocycles. The van der Waals surface area contributed by atoms with E-state index in [9.17, 15) is 8.42 Å². The first kappa shape index (κ1) is 17.7. The number of methoxy groups -OCH3 is 1. The molecule has 5 nitrogen and oxygen atoms in total. The van der Waals surface area contributed by atoms with Crippen molar-refractivity contribution >= 4 is 38.6 Å². The molecule has 0 spiro atoms. The largest absolute Gasteiger partial charge is 0.495 e. The summed E-state index contributed by atoms with van der Waals surface area (Å²) >= 11 is 7.34. The van der Waals surface area contributed by atoms with Crippen molar-refractivity contribution < 1.29 is 13.2 Å². The lowest BCUT2D eigenvalue weighted by Crippen LogP contribution is -2.14. The molecule has 2 aromatic carbocycles. The topological polar surface area (TPSA) is 68.3 Å². The summed E-state index contributed by atoms with van der Waals surface area (Å²) in [6, 6.07) is 11.4. The zero-order valence-electron chi connectivity index (χ0n) is 13.5. The van der Waals surface area contributed by atoms with Crippen molar-refractivity contribution in [1.29, 1.82) is 0 Å². The van der Waals surface area contributed by atoms with Gasteiger partial charge in [0.15, 0.2) is 0 Å². The van der Waals surface area contributed by atoms with Crippen LogP contribution in [-0.2, 0) is 10.0 Å². The lowest BCUT2D eigenvalue weighted by atomic mass is 10.2. The van der Waals surface area contributed by atoms with Gasteiger partial charge in [-0.1, -0.05) is 11.6 Å². The predicted octanol–water partition coefficient (Wildman–Crippen LogP) is 4.58. The van der Waals surface area contributed by atoms with E-state index in [1.165, 1.54) is 18.4 Å². The van der Waals surface area contributed by atoms with Crippen LogP contribution in [-0.4, -0.2) is 20.5 Å². The number of ether oxygens (including phenoxy) is 1. The summed E-state index contributed by atoms with van der Waals surface area (Å²) in [5.74, 6) is 0.261. The van der Waals surface area contributed by atoms with Crippen LogP contribution in [0.2, 0.25) is 5.02 Å². The highest BCUT2D eigenvalue weighted by Gasteiger charge is 2.21. The molecule has 0 saturated carbocycles. The third kappa shape index (κ3) is 3.95. The Hall–Kier alpha value is -2.09. The number of hydrogen-bond donors (Lipinski definition) is 1. The number of aromatic nitrogens is 1. The number of nitrogens with one attached hydrogen (secondary N) is 1. The first-order valence-corrected chi connectivity index (χ1v) is 10.0. The highest BCUT2D eigenvalue weighted by atomic mass is 35.5. The van der Waals surface area contributed by atoms with Gasteiger partial charge in [-0.05, 0) is 49.4 Å². The molecule has 0 amide bonds. The molecule has 1 heterocycles. The van der Waals surface area contributed by atoms with E-state index in [0.717, 1.165) is 10.7 Å². The monoisotopic (exact) mass is 394 g/mol. The minimum Gasteiger partial charge on any atom is -0.495 e. The standard InChI is InChI=1S/C17H15ClN2O3S2/c1-11-19-15(10-24-11)12-3-8-16(23-2)17(9-12)25(21,22)20-14-6-4-13(18)5-7-14/h3-10,20H,1-2H3. The van der Waals surface area contributed by atoms with Gasteiger partial charge in [-0.2, -0.15) is 0 Å². The van der Waals surface area contributed by atoms with E-state index in [1.807, 2.05) is 12.3 Å². The summed E-state index contributed by atoms with van der Waals surface area (Å²) in [4.78, 5) is 4.45. The molecule has 0 radical (unpaired) electrons. The van der Waals surface area contributed by atoms with E-state index in [-0.39, 0.29) is 10.6 Å². The molecule has 0 aliphatic carbocycles. The smallest absolute Gasteiger partial charge is 0.265 e. The fourth-order valence-corrected chi connectivity index (χ4v) is 4.27. The maximum absolute atomic E-state index is 12.8. The Balaban J connectivity index is 2.02. The normalized spacial score (nSPS) is 11.3. The third-order valence-corrected chi connectivity index (χ3v) is 5.89. The second-order valence-corrected chi connectivity index (χ2v) is 8.38. The number of benzene rings is 2. The van der Waals surface area contributed by atoms with Crippen LogP contribution >= 0.6 is 22.9 Å². The molecule has 0 atom stereocenters. The zero-order valence-corrected chi connectivity index (χ0v) is 15.9. The first-order valence-electron chi connectivity index (χ1n) is 7.28. The van der Waals surface area contributed by atoms with Crippen LogP contribution in [0.15, 0.2) is 52.7 Å². The Kier molecular flexibility index (Phi) is 4.99. The fraction of sp³-hybridized carbons (Fsp3) is 0.118. The molecule has 1 N–H and O–H groups in total. The lowest BCUT2D eigenvalue weighted by Gasteiger charge is -2.13. The number of halogens is 1. The quantitative estimate of drug-likeness (QED) is 0.687. The van der Waals surface area contributed by atoms with Gasteiger partial charge in [0.25, 0.3) is 10.0 Å². The van der Waals surface area contributed by atoms with Crippen LogP contribution in [0.25, 0.3) is 11.3 Å². The van der Waals surface area contributed by atoms with Crippen LogP contribution in [0, 0.1) is 6.92 Å². The van der Waals surface area contributed by atoms with Crippen LogP contribution in [0.1, 0.15) is 5.01 Å². The van der Waals surface area contributed by atoms with Crippen molar-refractivity contribution in [3.63, 3.8) is 0 Å². The van der Waals surface area contributed by atoms with Gasteiger partial charge in [0.05, 0.1) is 17.8 Å². The average molecular weight is 395 g/mol. The molecular weight excluding hydrogens is 380 g/mol. The predicted molar refractivity (Wildman–Crippen MR) is 101 cm³/mol. The maximum Gasteiger partial charge on any atom is 0.265 e. The van der Waals surface area contributed by atoms with Gasteiger partial charge in [-0.3, -0.25) is 4.72 Å². The minimum absolute atomic E-state index is 0.0492. The summed E-state index contributed by atoms with van der Waals surface area (Å²) in [7, 11) is -2.40. The lowest BCUT2D eigenvalue weighted by molar-refractivity contribution is 0.403. The van der Waals surface area contributed by atoms with E-state index < -0.39 is 10.0 Å². The zero-order chi connectivity index (χ0) is 18.0. The highest BCUT2D eigenvalue weighted by Crippen LogP contribution is 2.31. The van der Waals surface area contributed by atoms with Crippen molar-refractivity contribution in [2.24, 2.45) is 0 Å². The first-order chi connectivity index (χ1) is 11.9. The van der Waals surface area contributed by atoms with Crippen LogP contribution < -0.4 is 9.46 Å². The number of nitrogens with zero attached hydrogens (tertiary/aromatic N) is 1. The van der Waals surface area contributed by atoms with Crippen molar-refractivity contribution in [3.8, 4) is 17.0 Å². The molecule has 3 rings (SSSR count). The average Bonchev–Trinajstić information content (AvgIpc) is 3.02. The molecule has 8 heteroatoms. The fourth-order valence-electron chi connectivity index (χ4n) is 2.27. The molecule has 130 valence electrons. The second-order valence-electron chi connectivity index (χ2n) is 5.23. The van der Waals surface area contributed by atoms with Gasteiger partial charge < -0.3 is 4.74 Å². The highest BCUT2D eigenvalue weighted by molar-refractivity contribution is 7.92. The summed E-state index contributed by atoms with van der Waals surface area (Å²) in [6.45, 7) is 1.90. The molecule has 0 fully saturated rings. The Morgan fingerprint density at radius 1 is 1.16 bits per heavy atom. The van der Waals surface area contributed by atoms with Crippen molar-refractivity contribution in [1.82, 2.24) is 4.98 Å². The van der Waals surface area contributed by atoms with Crippen LogP contribution in [0.3, 0.4) is 0 Å². The van der Waals surface area contributed by atoms with Gasteiger partial charge in [0, 0.05) is 21.7 Å². The minimum atomic E-state index is -3.84. The molecule has 0 aliphatic rings. The van der Waals surface area contributed by atoms with Gasteiger partial charge in [-0.25, -0.2) is 13.4 Å². The molecule has 25 heavy (non-hydrogen) atoms. The van der Waals surface area contributed by atoms with E-state index in [1.54, 1.807) is 42.5 Å². The second kappa shape index (κ2) is 7.03. The van der Waals surface area contributed by atoms with E-state index in [2.05, 4.69) is 9.71 Å². The number of hydrogen-bond acceptors (Lipinski definition) is 5. The molecule has 0 bridgehead atoms. The van der Waals surface area contributed by atoms with Gasteiger partial charge in [-0.15, -0.1) is 11.3 Å². The number of thiazole rings is 1. The SMILES string of the molecule is COc1ccc(-c2csc(C)n2)cc1S(=O)(=O)Nc1ccc(Cl)cc1. The summed E-state index contributed by atoms with van der Waals surface area (Å²) in [5.41, 5.74) is 1.86. The summed E-state index contributed by atoms with van der Waals surface area (Å²) in [6.07, 6.45) is 0. The number of anilines is 1. The number of rotatable bonds is 5. The molecule has 0 aliphatic heterocycles. The molecule has 1 aromatic heterocycles. The van der Waals surface area contributed by atoms with Gasteiger partial charge in [0.1, 0.15) is 10.6 Å². The Morgan fingerprint density at radius 2 is 1.88 bits per heavy atom. The van der Waals surface area contributed by atoms with Crippen molar-refractivity contribution in [2.75, 3.05) is 11.8 Å². The number of aryl methyl sites for hydroxylation is 1. The Bertz CT molecular complexity index is 999. The van der Waals surface area contributed by atoms with E-state index >= 15 is 0 Å². The maximum atomic E-state index is 12.8. The van der Waals surface area contributed by atoms with E-state index in [0.29, 0.717) is 16.3 Å². The van der Waals surface area contributed by atoms with Crippen molar-refractivity contribution in [2.45, 2.75) is 11.8 Å². The third-order valence-electron chi connectivity index (χ3n) is 3.46. The molecule has 3 aromatic rings. The van der Waals surface area contributed by atoms with Gasteiger partial charge in [0.2, 0.25) is 0 Å². The Morgan fingerprint density at radius 3 is 2.48 bits per heavy atom. The molecule has 0 unspecified atom stereocenters. The Labute approximate surface area is 155 Å². The van der Waals surface area contributed by atoms with Crippen LogP contribution in [0.4, 0.5) is 5.69 Å².